The van der Waals surface area contributed by atoms with Crippen molar-refractivity contribution in [2.24, 2.45) is 0 Å². The number of nitrogens with zero attached hydrogens (tertiary/aromatic N) is 1. The van der Waals surface area contributed by atoms with Crippen molar-refractivity contribution < 1.29 is 4.92 Å². The molecule has 110 valence electrons. The monoisotopic (exact) mass is 368 g/mol. The van der Waals surface area contributed by atoms with Crippen LogP contribution in [0.15, 0.2) is 46.9 Å². The Morgan fingerprint density at radius 2 is 2.10 bits per heavy atom. The van der Waals surface area contributed by atoms with Gasteiger partial charge in [-0.25, -0.2) is 0 Å². The van der Waals surface area contributed by atoms with Crippen LogP contribution in [0.1, 0.15) is 24.9 Å². The minimum atomic E-state index is -0.407. The summed E-state index contributed by atoms with van der Waals surface area (Å²) in [7, 11) is 0. The van der Waals surface area contributed by atoms with Gasteiger partial charge in [-0.15, -0.1) is 0 Å². The van der Waals surface area contributed by atoms with Gasteiger partial charge in [-0.05, 0) is 52.2 Å². The van der Waals surface area contributed by atoms with E-state index in [1.807, 2.05) is 37.3 Å². The van der Waals surface area contributed by atoms with Crippen LogP contribution in [0.25, 0.3) is 0 Å². The molecule has 0 fully saturated rings. The predicted octanol–water partition coefficient (Wildman–Crippen LogP) is 5.57. The van der Waals surface area contributed by atoms with Crippen molar-refractivity contribution in [3.05, 3.63) is 67.6 Å². The third-order valence-electron chi connectivity index (χ3n) is 3.14. The number of hydrogen-bond donors (Lipinski definition) is 1. The second-order valence-corrected chi connectivity index (χ2v) is 5.87. The quantitative estimate of drug-likeness (QED) is 0.553. The summed E-state index contributed by atoms with van der Waals surface area (Å²) in [4.78, 5) is 10.6. The molecular weight excluding hydrogens is 356 g/mol. The van der Waals surface area contributed by atoms with E-state index in [-0.39, 0.29) is 11.7 Å². The van der Waals surface area contributed by atoms with Gasteiger partial charge in [-0.2, -0.15) is 0 Å². The molecule has 21 heavy (non-hydrogen) atoms. The highest BCUT2D eigenvalue weighted by Crippen LogP contribution is 2.31. The Morgan fingerprint density at radius 3 is 2.71 bits per heavy atom. The summed E-state index contributed by atoms with van der Waals surface area (Å²) in [6.45, 7) is 2.05. The Balaban J connectivity index is 2.27. The van der Waals surface area contributed by atoms with Crippen LogP contribution in [-0.4, -0.2) is 4.92 Å². The molecule has 0 aliphatic carbocycles. The van der Waals surface area contributed by atoms with Crippen LogP contribution in [0, 0.1) is 10.1 Å². The lowest BCUT2D eigenvalue weighted by Crippen LogP contribution is -2.09. The van der Waals surface area contributed by atoms with Crippen LogP contribution in [0.5, 0.6) is 0 Å². The molecule has 2 rings (SSSR count). The summed E-state index contributed by atoms with van der Waals surface area (Å²) in [5.74, 6) is 0. The molecule has 0 heterocycles. The lowest BCUT2D eigenvalue weighted by molar-refractivity contribution is -0.385. The van der Waals surface area contributed by atoms with Gasteiger partial charge >= 0.3 is 0 Å². The predicted molar refractivity (Wildman–Crippen MR) is 88.9 cm³/mol. The molecule has 0 aliphatic heterocycles. The Morgan fingerprint density at radius 1 is 1.33 bits per heavy atom. The molecule has 2 aromatic rings. The average Bonchev–Trinajstić information content (AvgIpc) is 2.46. The number of nitro groups is 1. The molecule has 0 bridgehead atoms. The summed E-state index contributed by atoms with van der Waals surface area (Å²) in [5, 5.41) is 15.0. The number of anilines is 1. The Hall–Kier alpha value is -1.59. The molecule has 0 aromatic heterocycles. The first-order chi connectivity index (χ1) is 10.0. The number of hydrogen-bond acceptors (Lipinski definition) is 3. The van der Waals surface area contributed by atoms with Gasteiger partial charge in [-0.3, -0.25) is 10.1 Å². The highest BCUT2D eigenvalue weighted by molar-refractivity contribution is 9.10. The molecule has 0 amide bonds. The summed E-state index contributed by atoms with van der Waals surface area (Å²) in [6, 6.07) is 12.7. The van der Waals surface area contributed by atoms with Crippen molar-refractivity contribution in [3.8, 4) is 0 Å². The second kappa shape index (κ2) is 6.91. The van der Waals surface area contributed by atoms with E-state index < -0.39 is 4.92 Å². The molecule has 1 atom stereocenters. The molecule has 0 aliphatic rings. The summed E-state index contributed by atoms with van der Waals surface area (Å²) in [5.41, 5.74) is 1.80. The number of nitrogens with one attached hydrogen (secondary N) is 1. The zero-order valence-corrected chi connectivity index (χ0v) is 13.7. The van der Waals surface area contributed by atoms with Crippen molar-refractivity contribution in [1.29, 1.82) is 0 Å². The maximum Gasteiger partial charge on any atom is 0.285 e. The number of rotatable bonds is 5. The highest BCUT2D eigenvalue weighted by Gasteiger charge is 2.15. The minimum Gasteiger partial charge on any atom is -0.378 e. The molecule has 1 N–H and O–H groups in total. The fourth-order valence-electron chi connectivity index (χ4n) is 2.09. The lowest BCUT2D eigenvalue weighted by atomic mass is 10.0. The Kier molecular flexibility index (Phi) is 5.20. The largest absolute Gasteiger partial charge is 0.378 e. The van der Waals surface area contributed by atoms with Gasteiger partial charge in [0.15, 0.2) is 0 Å². The maximum atomic E-state index is 11.0. The van der Waals surface area contributed by atoms with Crippen molar-refractivity contribution in [3.63, 3.8) is 0 Å². The zero-order valence-electron chi connectivity index (χ0n) is 11.3. The molecule has 0 saturated heterocycles. The number of nitro benzene ring substituents is 1. The maximum absolute atomic E-state index is 11.0. The van der Waals surface area contributed by atoms with Crippen molar-refractivity contribution in [2.45, 2.75) is 19.4 Å². The molecule has 2 aromatic carbocycles. The van der Waals surface area contributed by atoms with Gasteiger partial charge in [0, 0.05) is 16.8 Å². The van der Waals surface area contributed by atoms with E-state index in [2.05, 4.69) is 21.2 Å². The smallest absolute Gasteiger partial charge is 0.285 e. The molecule has 1 unspecified atom stereocenters. The van der Waals surface area contributed by atoms with Crippen molar-refractivity contribution in [2.75, 3.05) is 5.32 Å². The number of benzene rings is 2. The van der Waals surface area contributed by atoms with Gasteiger partial charge < -0.3 is 5.32 Å². The van der Waals surface area contributed by atoms with Gasteiger partial charge in [0.25, 0.3) is 5.69 Å². The molecule has 4 nitrogen and oxygen atoms in total. The average molecular weight is 370 g/mol. The van der Waals surface area contributed by atoms with Gasteiger partial charge in [0.2, 0.25) is 0 Å². The lowest BCUT2D eigenvalue weighted by Gasteiger charge is -2.19. The van der Waals surface area contributed by atoms with Crippen LogP contribution in [-0.2, 0) is 0 Å². The van der Waals surface area contributed by atoms with Gasteiger partial charge in [0.05, 0.1) is 15.4 Å². The Bertz CT molecular complexity index is 664. The Labute approximate surface area is 136 Å². The van der Waals surface area contributed by atoms with E-state index in [1.165, 1.54) is 6.07 Å². The molecule has 6 heteroatoms. The van der Waals surface area contributed by atoms with E-state index in [4.69, 9.17) is 11.6 Å². The third-order valence-corrected chi connectivity index (χ3v) is 4.05. The minimum absolute atomic E-state index is 0.0425. The summed E-state index contributed by atoms with van der Waals surface area (Å²) < 4.78 is 0.467. The fourth-order valence-corrected chi connectivity index (χ4v) is 2.68. The number of halogens is 2. The molecule has 0 saturated carbocycles. The topological polar surface area (TPSA) is 55.2 Å². The third kappa shape index (κ3) is 3.95. The van der Waals surface area contributed by atoms with Crippen LogP contribution in [0.2, 0.25) is 5.02 Å². The molecular formula is C15H14BrClN2O2. The van der Waals surface area contributed by atoms with E-state index in [9.17, 15) is 10.1 Å². The summed E-state index contributed by atoms with van der Waals surface area (Å²) in [6.07, 6.45) is 0.838. The van der Waals surface area contributed by atoms with Crippen LogP contribution >= 0.6 is 27.5 Å². The first kappa shape index (κ1) is 15.8. The van der Waals surface area contributed by atoms with Crippen LogP contribution in [0.3, 0.4) is 0 Å². The SMILES string of the molecule is CCC(Nc1ccc(Br)c([N+](=O)[O-])c1)c1cccc(Cl)c1. The normalized spacial score (nSPS) is 12.0. The summed E-state index contributed by atoms with van der Waals surface area (Å²) >= 11 is 9.20. The van der Waals surface area contributed by atoms with E-state index in [1.54, 1.807) is 6.07 Å². The first-order valence-corrected chi connectivity index (χ1v) is 7.64. The van der Waals surface area contributed by atoms with Crippen LogP contribution in [0.4, 0.5) is 11.4 Å². The molecule has 0 radical (unpaired) electrons. The fraction of sp³-hybridized carbons (Fsp3) is 0.200. The highest BCUT2D eigenvalue weighted by atomic mass is 79.9. The zero-order chi connectivity index (χ0) is 15.4. The van der Waals surface area contributed by atoms with Crippen molar-refractivity contribution in [1.82, 2.24) is 0 Å². The van der Waals surface area contributed by atoms with Gasteiger partial charge in [-0.1, -0.05) is 30.7 Å². The van der Waals surface area contributed by atoms with Crippen LogP contribution < -0.4 is 5.32 Å². The van der Waals surface area contributed by atoms with E-state index >= 15 is 0 Å². The van der Waals surface area contributed by atoms with Gasteiger partial charge in [0.1, 0.15) is 0 Å². The molecule has 0 spiro atoms. The second-order valence-electron chi connectivity index (χ2n) is 4.58. The van der Waals surface area contributed by atoms with E-state index in [0.29, 0.717) is 15.2 Å². The standard InChI is InChI=1S/C15H14BrClN2O2/c1-2-14(10-4-3-5-11(17)8-10)18-12-6-7-13(16)15(9-12)19(20)21/h3-9,14,18H,2H2,1H3. The van der Waals surface area contributed by atoms with E-state index in [0.717, 1.165) is 12.0 Å². The first-order valence-electron chi connectivity index (χ1n) is 6.47. The van der Waals surface area contributed by atoms with Crippen molar-refractivity contribution >= 4 is 38.9 Å².